The summed E-state index contributed by atoms with van der Waals surface area (Å²) in [5, 5.41) is 20.2. The number of benzene rings is 1. The Bertz CT molecular complexity index is 874. The third-order valence-electron chi connectivity index (χ3n) is 5.85. The van der Waals surface area contributed by atoms with Crippen molar-refractivity contribution in [2.75, 3.05) is 19.6 Å². The number of Topliss-reactive ketones (excluding diaryl/α,β-unsaturated/α-hetero) is 1. The number of carbonyl (C=O) groups is 1. The minimum Gasteiger partial charge on any atom is -0.506 e. The Kier molecular flexibility index (Phi) is 4.89. The summed E-state index contributed by atoms with van der Waals surface area (Å²) in [5.74, 6) is -1.31. The second-order valence-corrected chi connectivity index (χ2v) is 8.10. The molecule has 7 heteroatoms. The highest BCUT2D eigenvalue weighted by molar-refractivity contribution is 5.95. The summed E-state index contributed by atoms with van der Waals surface area (Å²) in [6.45, 7) is 1.69. The molecule has 1 saturated heterocycles. The molecule has 0 radical (unpaired) electrons. The van der Waals surface area contributed by atoms with Crippen LogP contribution in [0.2, 0.25) is 0 Å². The van der Waals surface area contributed by atoms with Crippen molar-refractivity contribution in [2.45, 2.75) is 24.9 Å². The first-order chi connectivity index (χ1) is 13.3. The highest BCUT2D eigenvalue weighted by atomic mass is 19.2. The van der Waals surface area contributed by atoms with Gasteiger partial charge in [0.15, 0.2) is 17.4 Å². The zero-order valence-electron chi connectivity index (χ0n) is 15.3. The number of likely N-dealkylation sites (tertiary alicyclic amines) is 1. The number of halogens is 2. The van der Waals surface area contributed by atoms with Gasteiger partial charge in [-0.15, -0.1) is 0 Å². The van der Waals surface area contributed by atoms with Gasteiger partial charge in [-0.2, -0.15) is 0 Å². The second kappa shape index (κ2) is 7.22. The van der Waals surface area contributed by atoms with Crippen molar-refractivity contribution in [2.24, 2.45) is 11.8 Å². The SMILES string of the molecule is O=C(CN1C[C@@H]2C[C@@](O)(Cc3ccc(F)c(F)c3)C[C@@H]2C1)c1ccc(O)cn1. The molecule has 2 heterocycles. The van der Waals surface area contributed by atoms with Crippen LogP contribution in [-0.4, -0.2) is 51.1 Å². The molecule has 1 aromatic carbocycles. The molecule has 0 bridgehead atoms. The van der Waals surface area contributed by atoms with Gasteiger partial charge < -0.3 is 10.2 Å². The van der Waals surface area contributed by atoms with Gasteiger partial charge in [-0.25, -0.2) is 13.8 Å². The first-order valence-corrected chi connectivity index (χ1v) is 9.38. The quantitative estimate of drug-likeness (QED) is 0.771. The Balaban J connectivity index is 1.34. The van der Waals surface area contributed by atoms with Crippen LogP contribution >= 0.6 is 0 Å². The molecule has 2 aliphatic rings. The van der Waals surface area contributed by atoms with Crippen molar-refractivity contribution in [3.05, 3.63) is 59.4 Å². The van der Waals surface area contributed by atoms with Gasteiger partial charge in [-0.1, -0.05) is 6.07 Å². The number of hydrogen-bond donors (Lipinski definition) is 2. The maximum Gasteiger partial charge on any atom is 0.195 e. The van der Waals surface area contributed by atoms with Crippen molar-refractivity contribution < 1.29 is 23.8 Å². The van der Waals surface area contributed by atoms with Gasteiger partial charge in [0.1, 0.15) is 11.4 Å². The van der Waals surface area contributed by atoms with Gasteiger partial charge in [0.05, 0.1) is 18.3 Å². The molecule has 1 aliphatic carbocycles. The Morgan fingerprint density at radius 3 is 2.46 bits per heavy atom. The van der Waals surface area contributed by atoms with E-state index in [2.05, 4.69) is 9.88 Å². The number of aromatic nitrogens is 1. The molecular weight excluding hydrogens is 366 g/mol. The number of nitrogens with zero attached hydrogens (tertiary/aromatic N) is 2. The van der Waals surface area contributed by atoms with Crippen LogP contribution in [0.1, 0.15) is 28.9 Å². The highest BCUT2D eigenvalue weighted by Gasteiger charge is 2.48. The van der Waals surface area contributed by atoms with E-state index in [1.54, 1.807) is 0 Å². The summed E-state index contributed by atoms with van der Waals surface area (Å²) < 4.78 is 26.5. The fourth-order valence-electron chi connectivity index (χ4n) is 4.70. The lowest BCUT2D eigenvalue weighted by Crippen LogP contribution is -2.34. The van der Waals surface area contributed by atoms with E-state index in [1.165, 1.54) is 24.4 Å². The van der Waals surface area contributed by atoms with Crippen LogP contribution in [0.25, 0.3) is 0 Å². The summed E-state index contributed by atoms with van der Waals surface area (Å²) in [6.07, 6.45) is 2.72. The zero-order chi connectivity index (χ0) is 19.9. The van der Waals surface area contributed by atoms with Gasteiger partial charge >= 0.3 is 0 Å². The third-order valence-corrected chi connectivity index (χ3v) is 5.85. The van der Waals surface area contributed by atoms with Gasteiger partial charge in [-0.3, -0.25) is 9.69 Å². The topological polar surface area (TPSA) is 73.7 Å². The second-order valence-electron chi connectivity index (χ2n) is 8.10. The largest absolute Gasteiger partial charge is 0.506 e. The predicted octanol–water partition coefficient (Wildman–Crippen LogP) is 2.56. The zero-order valence-corrected chi connectivity index (χ0v) is 15.3. The van der Waals surface area contributed by atoms with E-state index < -0.39 is 17.2 Å². The van der Waals surface area contributed by atoms with Crippen LogP contribution in [0.15, 0.2) is 36.5 Å². The van der Waals surface area contributed by atoms with Gasteiger partial charge in [0.2, 0.25) is 0 Å². The van der Waals surface area contributed by atoms with Crippen LogP contribution in [0.4, 0.5) is 8.78 Å². The molecule has 2 aromatic rings. The van der Waals surface area contributed by atoms with Crippen molar-refractivity contribution in [3.63, 3.8) is 0 Å². The van der Waals surface area contributed by atoms with Crippen molar-refractivity contribution in [3.8, 4) is 5.75 Å². The first kappa shape index (κ1) is 19.0. The normalized spacial score (nSPS) is 27.1. The molecular formula is C21H22F2N2O3. The molecule has 3 atom stereocenters. The van der Waals surface area contributed by atoms with E-state index in [0.29, 0.717) is 43.6 Å². The van der Waals surface area contributed by atoms with Crippen molar-refractivity contribution in [1.29, 1.82) is 0 Å². The fourth-order valence-corrected chi connectivity index (χ4v) is 4.70. The highest BCUT2D eigenvalue weighted by Crippen LogP contribution is 2.45. The Morgan fingerprint density at radius 1 is 1.14 bits per heavy atom. The molecule has 0 amide bonds. The average molecular weight is 388 g/mol. The van der Waals surface area contributed by atoms with Crippen molar-refractivity contribution in [1.82, 2.24) is 9.88 Å². The standard InChI is InChI=1S/C21H22F2N2O3/c22-17-3-1-13(5-18(17)23)6-21(28)7-14-10-25(11-15(14)8-21)12-20(27)19-4-2-16(26)9-24-19/h1-5,9,14-15,26,28H,6-8,10-12H2/t14-,15+,21-. The van der Waals surface area contributed by atoms with Crippen LogP contribution in [0.5, 0.6) is 5.75 Å². The maximum absolute atomic E-state index is 13.4. The molecule has 5 nitrogen and oxygen atoms in total. The molecule has 28 heavy (non-hydrogen) atoms. The number of rotatable bonds is 5. The number of pyridine rings is 1. The lowest BCUT2D eigenvalue weighted by atomic mass is 9.91. The van der Waals surface area contributed by atoms with E-state index >= 15 is 0 Å². The van der Waals surface area contributed by atoms with E-state index in [4.69, 9.17) is 0 Å². The number of fused-ring (bicyclic) bond motifs is 1. The summed E-state index contributed by atoms with van der Waals surface area (Å²) >= 11 is 0. The number of carbonyl (C=O) groups excluding carboxylic acids is 1. The Morgan fingerprint density at radius 2 is 1.86 bits per heavy atom. The Hall–Kier alpha value is -2.38. The van der Waals surface area contributed by atoms with Crippen LogP contribution in [0, 0.1) is 23.5 Å². The van der Waals surface area contributed by atoms with Crippen molar-refractivity contribution >= 4 is 5.78 Å². The van der Waals surface area contributed by atoms with Gasteiger partial charge in [0.25, 0.3) is 0 Å². The predicted molar refractivity (Wildman–Crippen MR) is 97.9 cm³/mol. The first-order valence-electron chi connectivity index (χ1n) is 9.38. The summed E-state index contributed by atoms with van der Waals surface area (Å²) in [5.41, 5.74) is -0.00897. The number of hydrogen-bond acceptors (Lipinski definition) is 5. The number of ketones is 1. The monoisotopic (exact) mass is 388 g/mol. The average Bonchev–Trinajstić information content (AvgIpc) is 3.12. The summed E-state index contributed by atoms with van der Waals surface area (Å²) in [6, 6.07) is 6.71. The molecule has 0 spiro atoms. The lowest BCUT2D eigenvalue weighted by Gasteiger charge is -2.26. The summed E-state index contributed by atoms with van der Waals surface area (Å²) in [4.78, 5) is 18.4. The minimum atomic E-state index is -0.922. The van der Waals surface area contributed by atoms with Crippen LogP contribution in [0.3, 0.4) is 0 Å². The molecule has 0 unspecified atom stereocenters. The third kappa shape index (κ3) is 3.91. The van der Waals surface area contributed by atoms with Gasteiger partial charge in [0, 0.05) is 19.5 Å². The van der Waals surface area contributed by atoms with E-state index in [1.807, 2.05) is 0 Å². The van der Waals surface area contributed by atoms with E-state index in [-0.39, 0.29) is 29.9 Å². The minimum absolute atomic E-state index is 0.0209. The van der Waals surface area contributed by atoms with E-state index in [0.717, 1.165) is 12.1 Å². The number of aromatic hydroxyl groups is 1. The maximum atomic E-state index is 13.4. The Labute approximate surface area is 161 Å². The molecule has 1 aromatic heterocycles. The van der Waals surface area contributed by atoms with Crippen LogP contribution < -0.4 is 0 Å². The molecule has 148 valence electrons. The molecule has 2 fully saturated rings. The molecule has 2 N–H and O–H groups in total. The molecule has 4 rings (SSSR count). The number of aliphatic hydroxyl groups is 1. The van der Waals surface area contributed by atoms with Gasteiger partial charge in [-0.05, 0) is 54.5 Å². The van der Waals surface area contributed by atoms with Crippen LogP contribution in [-0.2, 0) is 6.42 Å². The van der Waals surface area contributed by atoms with E-state index in [9.17, 15) is 23.8 Å². The molecule has 1 saturated carbocycles. The molecule has 1 aliphatic heterocycles. The smallest absolute Gasteiger partial charge is 0.195 e. The fraction of sp³-hybridized carbons (Fsp3) is 0.429. The summed E-state index contributed by atoms with van der Waals surface area (Å²) in [7, 11) is 0. The lowest BCUT2D eigenvalue weighted by molar-refractivity contribution is 0.0355.